The molecular weight excluding hydrogens is 349 g/mol. The number of aromatic nitrogens is 4. The number of hydrogen-bond acceptors (Lipinski definition) is 5. The van der Waals surface area contributed by atoms with Gasteiger partial charge >= 0.3 is 5.97 Å². The maximum Gasteiger partial charge on any atom is 0.305 e. The Bertz CT molecular complexity index is 993. The van der Waals surface area contributed by atoms with Crippen molar-refractivity contribution in [2.24, 2.45) is 5.41 Å². The Morgan fingerprint density at radius 2 is 2.07 bits per heavy atom. The van der Waals surface area contributed by atoms with E-state index < -0.39 is 23.2 Å². The molecule has 0 amide bonds. The molecule has 0 radical (unpaired) electrons. The van der Waals surface area contributed by atoms with Gasteiger partial charge in [-0.3, -0.25) is 4.79 Å². The average Bonchev–Trinajstić information content (AvgIpc) is 2.98. The van der Waals surface area contributed by atoms with Gasteiger partial charge in [-0.2, -0.15) is 0 Å². The zero-order valence-corrected chi connectivity index (χ0v) is 15.7. The van der Waals surface area contributed by atoms with Crippen molar-refractivity contribution in [1.82, 2.24) is 19.9 Å². The number of carbonyl (C=O) groups is 1. The maximum absolute atomic E-state index is 14.3. The Balaban J connectivity index is 2.01. The highest BCUT2D eigenvalue weighted by Crippen LogP contribution is 2.29. The van der Waals surface area contributed by atoms with Gasteiger partial charge in [-0.05, 0) is 24.0 Å². The predicted octanol–water partition coefficient (Wildman–Crippen LogP) is 3.77. The van der Waals surface area contributed by atoms with Crippen LogP contribution in [0.25, 0.3) is 22.4 Å². The quantitative estimate of drug-likeness (QED) is 0.631. The van der Waals surface area contributed by atoms with E-state index in [9.17, 15) is 9.18 Å². The van der Waals surface area contributed by atoms with Crippen molar-refractivity contribution in [2.75, 3.05) is 5.32 Å². The topological polar surface area (TPSA) is 104 Å². The first-order valence-corrected chi connectivity index (χ1v) is 8.60. The lowest BCUT2D eigenvalue weighted by molar-refractivity contribution is -0.137. The first-order chi connectivity index (χ1) is 12.6. The molecule has 3 heterocycles. The molecule has 3 rings (SSSR count). The molecule has 3 N–H and O–H groups in total. The van der Waals surface area contributed by atoms with Crippen LogP contribution in [0, 0.1) is 18.2 Å². The number of rotatable bonds is 5. The van der Waals surface area contributed by atoms with Gasteiger partial charge in [-0.1, -0.05) is 20.8 Å². The summed E-state index contributed by atoms with van der Waals surface area (Å²) in [4.78, 5) is 27.0. The van der Waals surface area contributed by atoms with Crippen LogP contribution in [0.3, 0.4) is 0 Å². The van der Waals surface area contributed by atoms with E-state index in [1.807, 2.05) is 33.8 Å². The first-order valence-electron chi connectivity index (χ1n) is 8.60. The summed E-state index contributed by atoms with van der Waals surface area (Å²) in [5, 5.41) is 13.0. The van der Waals surface area contributed by atoms with Crippen molar-refractivity contribution >= 4 is 22.8 Å². The lowest BCUT2D eigenvalue weighted by Gasteiger charge is -2.30. The maximum atomic E-state index is 14.3. The summed E-state index contributed by atoms with van der Waals surface area (Å²) in [6.45, 7) is 7.60. The molecule has 0 aliphatic rings. The molecule has 0 bridgehead atoms. The van der Waals surface area contributed by atoms with Gasteiger partial charge in [0, 0.05) is 29.4 Å². The van der Waals surface area contributed by atoms with Crippen molar-refractivity contribution in [3.8, 4) is 11.4 Å². The molecule has 0 saturated heterocycles. The van der Waals surface area contributed by atoms with E-state index in [2.05, 4.69) is 25.3 Å². The number of pyridine rings is 1. The number of halogens is 1. The second kappa shape index (κ2) is 6.94. The zero-order valence-electron chi connectivity index (χ0n) is 15.7. The molecule has 142 valence electrons. The van der Waals surface area contributed by atoms with Crippen LogP contribution in [0.1, 0.15) is 32.8 Å². The van der Waals surface area contributed by atoms with Crippen molar-refractivity contribution in [2.45, 2.75) is 40.2 Å². The molecule has 0 fully saturated rings. The molecule has 0 aliphatic carbocycles. The largest absolute Gasteiger partial charge is 0.481 e. The minimum absolute atomic E-state index is 0.0175. The summed E-state index contributed by atoms with van der Waals surface area (Å²) in [7, 11) is 0. The normalized spacial score (nSPS) is 12.9. The Morgan fingerprint density at radius 3 is 2.74 bits per heavy atom. The highest BCUT2D eigenvalue weighted by atomic mass is 19.1. The molecule has 1 atom stereocenters. The van der Waals surface area contributed by atoms with Crippen LogP contribution < -0.4 is 5.32 Å². The van der Waals surface area contributed by atoms with E-state index in [1.165, 1.54) is 0 Å². The van der Waals surface area contributed by atoms with E-state index in [-0.39, 0.29) is 12.2 Å². The van der Waals surface area contributed by atoms with Crippen molar-refractivity contribution in [3.63, 3.8) is 0 Å². The van der Waals surface area contributed by atoms with Gasteiger partial charge in [0.15, 0.2) is 17.5 Å². The van der Waals surface area contributed by atoms with Crippen molar-refractivity contribution in [3.05, 3.63) is 36.0 Å². The molecule has 3 aromatic heterocycles. The van der Waals surface area contributed by atoms with E-state index >= 15 is 0 Å². The van der Waals surface area contributed by atoms with Gasteiger partial charge < -0.3 is 15.4 Å². The number of anilines is 1. The third-order valence-electron chi connectivity index (χ3n) is 4.39. The minimum atomic E-state index is -0.963. The Hall–Kier alpha value is -3.03. The number of H-pyrrole nitrogens is 1. The summed E-state index contributed by atoms with van der Waals surface area (Å²) in [5.41, 5.74) is 1.97. The number of fused-ring (bicyclic) bond motifs is 1. The number of nitrogens with zero attached hydrogens (tertiary/aromatic N) is 3. The van der Waals surface area contributed by atoms with Crippen LogP contribution >= 0.6 is 0 Å². The second-order valence-electron chi connectivity index (χ2n) is 7.66. The molecular formula is C19H22FN5O2. The molecule has 7 nitrogen and oxygen atoms in total. The number of hydrogen-bond donors (Lipinski definition) is 3. The Kier molecular flexibility index (Phi) is 4.82. The van der Waals surface area contributed by atoms with Crippen LogP contribution in [0.4, 0.5) is 10.2 Å². The number of aromatic amines is 1. The number of carboxylic acids is 1. The zero-order chi connectivity index (χ0) is 19.8. The number of aryl methyl sites for hydroxylation is 1. The fourth-order valence-electron chi connectivity index (χ4n) is 2.80. The molecule has 8 heteroatoms. The second-order valence-corrected chi connectivity index (χ2v) is 7.66. The van der Waals surface area contributed by atoms with E-state index in [4.69, 9.17) is 5.11 Å². The Labute approximate surface area is 156 Å². The average molecular weight is 371 g/mol. The predicted molar refractivity (Wildman–Crippen MR) is 101 cm³/mol. The summed E-state index contributed by atoms with van der Waals surface area (Å²) in [6, 6.07) is 1.45. The minimum Gasteiger partial charge on any atom is -0.481 e. The molecule has 27 heavy (non-hydrogen) atoms. The molecule has 0 saturated carbocycles. The summed E-state index contributed by atoms with van der Waals surface area (Å²) in [6.07, 6.45) is 4.42. The first kappa shape index (κ1) is 18.8. The summed E-state index contributed by atoms with van der Waals surface area (Å²) in [5.74, 6) is -1.28. The van der Waals surface area contributed by atoms with Crippen molar-refractivity contribution in [1.29, 1.82) is 0 Å². The molecule has 0 aliphatic heterocycles. The van der Waals surface area contributed by atoms with E-state index in [1.54, 1.807) is 12.4 Å². The lowest BCUT2D eigenvalue weighted by atomic mass is 9.85. The number of nitrogens with one attached hydrogen (secondary N) is 2. The van der Waals surface area contributed by atoms with Crippen LogP contribution in [-0.2, 0) is 4.79 Å². The molecule has 0 aromatic carbocycles. The van der Waals surface area contributed by atoms with Gasteiger partial charge in [0.1, 0.15) is 5.65 Å². The number of aliphatic carboxylic acids is 1. The smallest absolute Gasteiger partial charge is 0.305 e. The van der Waals surface area contributed by atoms with Gasteiger partial charge in [-0.25, -0.2) is 19.3 Å². The SMILES string of the molecule is Cc1cnc2[nH]cc(-c3ncc(F)c(N[C@H](CC(=O)O)C(C)(C)C)n3)c2c1. The number of carboxylic acid groups (broad SMARTS) is 1. The lowest BCUT2D eigenvalue weighted by Crippen LogP contribution is -2.36. The third kappa shape index (κ3) is 4.05. The van der Waals surface area contributed by atoms with E-state index in [0.717, 1.165) is 17.1 Å². The van der Waals surface area contributed by atoms with Crippen LogP contribution in [-0.4, -0.2) is 37.1 Å². The third-order valence-corrected chi connectivity index (χ3v) is 4.39. The van der Waals surface area contributed by atoms with Crippen molar-refractivity contribution < 1.29 is 14.3 Å². The van der Waals surface area contributed by atoms with Gasteiger partial charge in [-0.15, -0.1) is 0 Å². The Morgan fingerprint density at radius 1 is 1.33 bits per heavy atom. The van der Waals surface area contributed by atoms with Crippen LogP contribution in [0.5, 0.6) is 0 Å². The fraction of sp³-hybridized carbons (Fsp3) is 0.368. The summed E-state index contributed by atoms with van der Waals surface area (Å²) >= 11 is 0. The monoisotopic (exact) mass is 371 g/mol. The van der Waals surface area contributed by atoms with Gasteiger partial charge in [0.2, 0.25) is 0 Å². The molecule has 0 unspecified atom stereocenters. The van der Waals surface area contributed by atoms with E-state index in [0.29, 0.717) is 17.0 Å². The molecule has 0 spiro atoms. The highest BCUT2D eigenvalue weighted by molar-refractivity contribution is 5.92. The molecule has 3 aromatic rings. The standard InChI is InChI=1S/C19H22FN5O2/c1-10-5-11-12(8-22-16(11)21-7-10)17-23-9-13(20)18(25-17)24-14(6-15(26)27)19(2,3)4/h5,7-9,14H,6H2,1-4H3,(H,21,22)(H,26,27)(H,23,24,25)/t14-/m1/s1. The highest BCUT2D eigenvalue weighted by Gasteiger charge is 2.28. The van der Waals surface area contributed by atoms with Gasteiger partial charge in [0.05, 0.1) is 12.6 Å². The summed E-state index contributed by atoms with van der Waals surface area (Å²) < 4.78 is 14.3. The van der Waals surface area contributed by atoms with Gasteiger partial charge in [0.25, 0.3) is 0 Å². The van der Waals surface area contributed by atoms with Crippen LogP contribution in [0.15, 0.2) is 24.7 Å². The fourth-order valence-corrected chi connectivity index (χ4v) is 2.80. The van der Waals surface area contributed by atoms with Crippen LogP contribution in [0.2, 0.25) is 0 Å².